The molecule has 0 amide bonds. The molecule has 0 saturated carbocycles. The molecule has 4 heteroatoms. The molecular weight excluding hydrogens is 182 g/mol. The fourth-order valence-corrected chi connectivity index (χ4v) is 1.61. The van der Waals surface area contributed by atoms with Crippen molar-refractivity contribution in [3.63, 3.8) is 0 Å². The number of carboxylic acids is 1. The van der Waals surface area contributed by atoms with E-state index >= 15 is 0 Å². The molecule has 14 heavy (non-hydrogen) atoms. The lowest BCUT2D eigenvalue weighted by atomic mass is 9.97. The highest BCUT2D eigenvalue weighted by Gasteiger charge is 2.18. The van der Waals surface area contributed by atoms with Crippen LogP contribution in [0.15, 0.2) is 18.2 Å². The van der Waals surface area contributed by atoms with Gasteiger partial charge in [-0.2, -0.15) is 0 Å². The number of nitrogens with two attached hydrogens (primary N) is 1. The third-order valence-corrected chi connectivity index (χ3v) is 2.34. The molecule has 1 heterocycles. The smallest absolute Gasteiger partial charge is 0.335 e. The molecule has 1 atom stereocenters. The van der Waals surface area contributed by atoms with E-state index in [-0.39, 0.29) is 11.6 Å². The lowest BCUT2D eigenvalue weighted by molar-refractivity contribution is 0.0694. The van der Waals surface area contributed by atoms with E-state index in [1.54, 1.807) is 18.2 Å². The van der Waals surface area contributed by atoms with Crippen LogP contribution in [-0.4, -0.2) is 17.7 Å². The molecule has 1 aromatic carbocycles. The van der Waals surface area contributed by atoms with Crippen molar-refractivity contribution < 1.29 is 14.6 Å². The molecule has 0 radical (unpaired) electrons. The van der Waals surface area contributed by atoms with Crippen LogP contribution in [0.3, 0.4) is 0 Å². The van der Waals surface area contributed by atoms with Crippen LogP contribution in [0.4, 0.5) is 0 Å². The molecule has 0 unspecified atom stereocenters. The van der Waals surface area contributed by atoms with Gasteiger partial charge in [0.2, 0.25) is 0 Å². The summed E-state index contributed by atoms with van der Waals surface area (Å²) in [5, 5.41) is 8.78. The van der Waals surface area contributed by atoms with Crippen LogP contribution < -0.4 is 5.73 Å². The first kappa shape index (κ1) is 9.18. The van der Waals surface area contributed by atoms with E-state index < -0.39 is 5.97 Å². The van der Waals surface area contributed by atoms with Crippen LogP contribution >= 0.6 is 0 Å². The zero-order valence-corrected chi connectivity index (χ0v) is 7.56. The summed E-state index contributed by atoms with van der Waals surface area (Å²) < 4.78 is 5.23. The van der Waals surface area contributed by atoms with Gasteiger partial charge in [-0.05, 0) is 23.3 Å². The standard InChI is InChI=1S/C10H11NO3/c11-9-5-14-4-7-3-6(10(12)13)1-2-8(7)9/h1-3,9H,4-5,11H2,(H,12,13)/t9-/m0/s1. The van der Waals surface area contributed by atoms with Crippen molar-refractivity contribution in [1.82, 2.24) is 0 Å². The third-order valence-electron chi connectivity index (χ3n) is 2.34. The topological polar surface area (TPSA) is 72.5 Å². The van der Waals surface area contributed by atoms with Crippen LogP contribution in [0.5, 0.6) is 0 Å². The molecule has 74 valence electrons. The Hall–Kier alpha value is -1.39. The van der Waals surface area contributed by atoms with E-state index in [1.807, 2.05) is 0 Å². The Morgan fingerprint density at radius 1 is 1.57 bits per heavy atom. The van der Waals surface area contributed by atoms with E-state index in [9.17, 15) is 4.79 Å². The maximum Gasteiger partial charge on any atom is 0.335 e. The van der Waals surface area contributed by atoms with Crippen molar-refractivity contribution in [3.8, 4) is 0 Å². The molecule has 0 aromatic heterocycles. The zero-order valence-electron chi connectivity index (χ0n) is 7.56. The summed E-state index contributed by atoms with van der Waals surface area (Å²) in [6.45, 7) is 0.948. The molecule has 0 aliphatic carbocycles. The minimum atomic E-state index is -0.924. The van der Waals surface area contributed by atoms with E-state index in [2.05, 4.69) is 0 Å². The molecule has 0 bridgehead atoms. The van der Waals surface area contributed by atoms with E-state index in [0.29, 0.717) is 13.2 Å². The Kier molecular flexibility index (Phi) is 2.23. The van der Waals surface area contributed by atoms with Crippen molar-refractivity contribution in [3.05, 3.63) is 34.9 Å². The molecule has 1 aliphatic heterocycles. The summed E-state index contributed by atoms with van der Waals surface area (Å²) in [6.07, 6.45) is 0. The van der Waals surface area contributed by atoms with Gasteiger partial charge in [-0.3, -0.25) is 0 Å². The molecule has 0 saturated heterocycles. The van der Waals surface area contributed by atoms with E-state index in [1.165, 1.54) is 0 Å². The Morgan fingerprint density at radius 3 is 3.07 bits per heavy atom. The second-order valence-electron chi connectivity index (χ2n) is 3.34. The minimum Gasteiger partial charge on any atom is -0.478 e. The molecule has 2 rings (SSSR count). The number of ether oxygens (including phenoxy) is 1. The summed E-state index contributed by atoms with van der Waals surface area (Å²) >= 11 is 0. The fourth-order valence-electron chi connectivity index (χ4n) is 1.61. The van der Waals surface area contributed by atoms with Gasteiger partial charge in [-0.25, -0.2) is 4.79 Å². The first-order valence-electron chi connectivity index (χ1n) is 4.38. The highest BCUT2D eigenvalue weighted by atomic mass is 16.5. The maximum absolute atomic E-state index is 10.7. The quantitative estimate of drug-likeness (QED) is 0.695. The first-order valence-corrected chi connectivity index (χ1v) is 4.38. The number of carbonyl (C=O) groups is 1. The molecule has 0 spiro atoms. The van der Waals surface area contributed by atoms with Crippen LogP contribution in [0, 0.1) is 0 Å². The first-order chi connectivity index (χ1) is 6.68. The van der Waals surface area contributed by atoms with Crippen molar-refractivity contribution in [2.45, 2.75) is 12.6 Å². The second kappa shape index (κ2) is 3.40. The number of hydrogen-bond donors (Lipinski definition) is 2. The molecular formula is C10H11NO3. The van der Waals surface area contributed by atoms with Crippen LogP contribution in [-0.2, 0) is 11.3 Å². The largest absolute Gasteiger partial charge is 0.478 e. The van der Waals surface area contributed by atoms with Crippen molar-refractivity contribution in [2.75, 3.05) is 6.61 Å². The highest BCUT2D eigenvalue weighted by molar-refractivity contribution is 5.87. The van der Waals surface area contributed by atoms with Gasteiger partial charge in [0.15, 0.2) is 0 Å². The summed E-state index contributed by atoms with van der Waals surface area (Å²) in [4.78, 5) is 10.7. The minimum absolute atomic E-state index is 0.137. The third kappa shape index (κ3) is 1.49. The number of rotatable bonds is 1. The number of aromatic carboxylic acids is 1. The summed E-state index contributed by atoms with van der Waals surface area (Å²) in [5.74, 6) is -0.924. The highest BCUT2D eigenvalue weighted by Crippen LogP contribution is 2.23. The van der Waals surface area contributed by atoms with Crippen molar-refractivity contribution in [2.24, 2.45) is 5.73 Å². The lowest BCUT2D eigenvalue weighted by Gasteiger charge is -2.22. The summed E-state index contributed by atoms with van der Waals surface area (Å²) in [6, 6.07) is 4.83. The van der Waals surface area contributed by atoms with Crippen LogP contribution in [0.2, 0.25) is 0 Å². The average molecular weight is 193 g/mol. The molecule has 4 nitrogen and oxygen atoms in total. The predicted octanol–water partition coefficient (Wildman–Crippen LogP) is 0.915. The molecule has 0 fully saturated rings. The van der Waals surface area contributed by atoms with Crippen molar-refractivity contribution in [1.29, 1.82) is 0 Å². The van der Waals surface area contributed by atoms with Gasteiger partial charge < -0.3 is 15.6 Å². The number of carboxylic acid groups (broad SMARTS) is 1. The number of benzene rings is 1. The SMILES string of the molecule is N[C@H]1COCc2cc(C(=O)O)ccc21. The van der Waals surface area contributed by atoms with E-state index in [4.69, 9.17) is 15.6 Å². The average Bonchev–Trinajstić information content (AvgIpc) is 2.17. The molecule has 1 aromatic rings. The van der Waals surface area contributed by atoms with Gasteiger partial charge in [-0.1, -0.05) is 6.07 Å². The Morgan fingerprint density at radius 2 is 2.36 bits per heavy atom. The second-order valence-corrected chi connectivity index (χ2v) is 3.34. The fraction of sp³-hybridized carbons (Fsp3) is 0.300. The van der Waals surface area contributed by atoms with Gasteiger partial charge >= 0.3 is 5.97 Å². The Labute approximate surface area is 81.3 Å². The van der Waals surface area contributed by atoms with E-state index in [0.717, 1.165) is 11.1 Å². The lowest BCUT2D eigenvalue weighted by Crippen LogP contribution is -2.23. The number of hydrogen-bond acceptors (Lipinski definition) is 3. The van der Waals surface area contributed by atoms with Gasteiger partial charge in [0, 0.05) is 0 Å². The van der Waals surface area contributed by atoms with Gasteiger partial charge in [0.05, 0.1) is 24.8 Å². The van der Waals surface area contributed by atoms with Gasteiger partial charge in [-0.15, -0.1) is 0 Å². The van der Waals surface area contributed by atoms with Crippen molar-refractivity contribution >= 4 is 5.97 Å². The normalized spacial score (nSPS) is 20.2. The summed E-state index contributed by atoms with van der Waals surface area (Å²) in [7, 11) is 0. The monoisotopic (exact) mass is 193 g/mol. The number of fused-ring (bicyclic) bond motifs is 1. The molecule has 3 N–H and O–H groups in total. The van der Waals surface area contributed by atoms with Gasteiger partial charge in [0.1, 0.15) is 0 Å². The van der Waals surface area contributed by atoms with Crippen LogP contribution in [0.1, 0.15) is 27.5 Å². The molecule has 1 aliphatic rings. The predicted molar refractivity (Wildman–Crippen MR) is 50.0 cm³/mol. The zero-order chi connectivity index (χ0) is 10.1. The van der Waals surface area contributed by atoms with Crippen LogP contribution in [0.25, 0.3) is 0 Å². The van der Waals surface area contributed by atoms with Gasteiger partial charge in [0.25, 0.3) is 0 Å². The summed E-state index contributed by atoms with van der Waals surface area (Å²) in [5.41, 5.74) is 7.94. The Balaban J connectivity index is 2.44. The Bertz CT molecular complexity index is 376. The maximum atomic E-state index is 10.7.